The van der Waals surface area contributed by atoms with Gasteiger partial charge in [0.25, 0.3) is 0 Å². The second-order valence-electron chi connectivity index (χ2n) is 3.66. The van der Waals surface area contributed by atoms with Gasteiger partial charge in [0.05, 0.1) is 19.3 Å². The molecule has 7 heteroatoms. The van der Waals surface area contributed by atoms with Gasteiger partial charge >= 0.3 is 5.97 Å². The Morgan fingerprint density at radius 3 is 2.89 bits per heavy atom. The molecule has 0 aliphatic rings. The van der Waals surface area contributed by atoms with Gasteiger partial charge in [-0.25, -0.2) is 9.78 Å². The highest BCUT2D eigenvalue weighted by atomic mass is 16.5. The summed E-state index contributed by atoms with van der Waals surface area (Å²) in [4.78, 5) is 14.7. The number of nitrogens with zero attached hydrogens (tertiary/aromatic N) is 2. The first kappa shape index (κ1) is 12.3. The lowest BCUT2D eigenvalue weighted by Gasteiger charge is -1.97. The summed E-state index contributed by atoms with van der Waals surface area (Å²) >= 11 is 0. The molecule has 7 nitrogen and oxygen atoms in total. The predicted octanol–water partition coefficient (Wildman–Crippen LogP) is 1.21. The molecular formula is C11H13N3O4. The normalized spacial score (nSPS) is 10.7. The van der Waals surface area contributed by atoms with E-state index < -0.39 is 5.97 Å². The van der Waals surface area contributed by atoms with Crippen LogP contribution in [-0.2, 0) is 19.5 Å². The Kier molecular flexibility index (Phi) is 3.73. The van der Waals surface area contributed by atoms with Crippen LogP contribution >= 0.6 is 0 Å². The third-order valence-corrected chi connectivity index (χ3v) is 2.30. The van der Waals surface area contributed by atoms with Crippen LogP contribution in [0.25, 0.3) is 0 Å². The van der Waals surface area contributed by atoms with Gasteiger partial charge in [0.15, 0.2) is 11.5 Å². The highest BCUT2D eigenvalue weighted by Gasteiger charge is 2.10. The molecule has 0 spiro atoms. The van der Waals surface area contributed by atoms with Crippen molar-refractivity contribution in [2.45, 2.75) is 26.4 Å². The highest BCUT2D eigenvalue weighted by Crippen LogP contribution is 2.06. The van der Waals surface area contributed by atoms with Gasteiger partial charge in [-0.15, -0.1) is 0 Å². The Bertz CT molecular complexity index is 532. The molecular weight excluding hydrogens is 238 g/mol. The molecule has 2 aromatic heterocycles. The van der Waals surface area contributed by atoms with E-state index in [1.54, 1.807) is 6.20 Å². The van der Waals surface area contributed by atoms with Crippen LogP contribution < -0.4 is 5.32 Å². The van der Waals surface area contributed by atoms with Crippen molar-refractivity contribution in [1.82, 2.24) is 15.5 Å². The fourth-order valence-electron chi connectivity index (χ4n) is 1.38. The van der Waals surface area contributed by atoms with Crippen LogP contribution in [0.2, 0.25) is 0 Å². The van der Waals surface area contributed by atoms with Gasteiger partial charge < -0.3 is 19.4 Å². The van der Waals surface area contributed by atoms with Gasteiger partial charge in [-0.2, -0.15) is 0 Å². The van der Waals surface area contributed by atoms with Gasteiger partial charge in [0.2, 0.25) is 5.89 Å². The van der Waals surface area contributed by atoms with Crippen molar-refractivity contribution in [3.63, 3.8) is 0 Å². The first-order valence-corrected chi connectivity index (χ1v) is 5.52. The van der Waals surface area contributed by atoms with Crippen molar-refractivity contribution in [2.75, 3.05) is 0 Å². The molecule has 0 aliphatic carbocycles. The number of carbonyl (C=O) groups is 1. The lowest BCUT2D eigenvalue weighted by Crippen LogP contribution is -2.12. The van der Waals surface area contributed by atoms with Crippen molar-refractivity contribution in [1.29, 1.82) is 0 Å². The van der Waals surface area contributed by atoms with Gasteiger partial charge in [-0.05, 0) is 0 Å². The SMILES string of the molecule is CCc1cnc(CNCc2cc(C(=O)O)no2)o1. The third-order valence-electron chi connectivity index (χ3n) is 2.30. The number of oxazole rings is 1. The number of hydrogen-bond donors (Lipinski definition) is 2. The van der Waals surface area contributed by atoms with Gasteiger partial charge in [0.1, 0.15) is 5.76 Å². The van der Waals surface area contributed by atoms with Crippen molar-refractivity contribution in [3.05, 3.63) is 35.4 Å². The number of aryl methyl sites for hydroxylation is 1. The number of hydrogen-bond acceptors (Lipinski definition) is 6. The van der Waals surface area contributed by atoms with Crippen molar-refractivity contribution < 1.29 is 18.8 Å². The van der Waals surface area contributed by atoms with E-state index in [2.05, 4.69) is 15.5 Å². The van der Waals surface area contributed by atoms with E-state index in [0.717, 1.165) is 12.2 Å². The zero-order valence-corrected chi connectivity index (χ0v) is 9.84. The van der Waals surface area contributed by atoms with Crippen LogP contribution in [0.5, 0.6) is 0 Å². The molecule has 0 amide bonds. The molecule has 0 radical (unpaired) electrons. The maximum absolute atomic E-state index is 10.6. The van der Waals surface area contributed by atoms with Gasteiger partial charge in [-0.1, -0.05) is 12.1 Å². The number of nitrogens with one attached hydrogen (secondary N) is 1. The quantitative estimate of drug-likeness (QED) is 0.795. The van der Waals surface area contributed by atoms with Crippen LogP contribution in [0.1, 0.15) is 34.8 Å². The van der Waals surface area contributed by atoms with Crippen molar-refractivity contribution in [3.8, 4) is 0 Å². The smallest absolute Gasteiger partial charge is 0.358 e. The molecule has 0 bridgehead atoms. The first-order chi connectivity index (χ1) is 8.69. The van der Waals surface area contributed by atoms with E-state index in [9.17, 15) is 4.79 Å². The van der Waals surface area contributed by atoms with E-state index >= 15 is 0 Å². The Balaban J connectivity index is 1.82. The Morgan fingerprint density at radius 2 is 2.28 bits per heavy atom. The van der Waals surface area contributed by atoms with Crippen molar-refractivity contribution in [2.24, 2.45) is 0 Å². The summed E-state index contributed by atoms with van der Waals surface area (Å²) in [6.45, 7) is 2.80. The summed E-state index contributed by atoms with van der Waals surface area (Å²) < 4.78 is 10.2. The number of aromatic carboxylic acids is 1. The van der Waals surface area contributed by atoms with Crippen LogP contribution in [0.15, 0.2) is 21.2 Å². The molecule has 0 saturated carbocycles. The van der Waals surface area contributed by atoms with Crippen LogP contribution in [0.4, 0.5) is 0 Å². The summed E-state index contributed by atoms with van der Waals surface area (Å²) in [5.74, 6) is 0.768. The molecule has 18 heavy (non-hydrogen) atoms. The van der Waals surface area contributed by atoms with E-state index in [1.165, 1.54) is 6.07 Å². The third kappa shape index (κ3) is 2.95. The topological polar surface area (TPSA) is 101 Å². The molecule has 0 aliphatic heterocycles. The summed E-state index contributed by atoms with van der Waals surface area (Å²) in [6.07, 6.45) is 2.49. The number of carboxylic acid groups (broad SMARTS) is 1. The number of carboxylic acids is 1. The molecule has 2 N–H and O–H groups in total. The van der Waals surface area contributed by atoms with Crippen LogP contribution in [-0.4, -0.2) is 21.2 Å². The maximum Gasteiger partial charge on any atom is 0.358 e. The number of aromatic nitrogens is 2. The number of rotatable bonds is 6. The highest BCUT2D eigenvalue weighted by molar-refractivity contribution is 5.85. The summed E-state index contributed by atoms with van der Waals surface area (Å²) in [7, 11) is 0. The Morgan fingerprint density at radius 1 is 1.44 bits per heavy atom. The molecule has 2 rings (SSSR count). The standard InChI is InChI=1S/C11H13N3O4/c1-2-7-5-13-10(17-7)6-12-4-8-3-9(11(15)16)14-18-8/h3,5,12H,2,4,6H2,1H3,(H,15,16). The molecule has 0 saturated heterocycles. The monoisotopic (exact) mass is 251 g/mol. The van der Waals surface area contributed by atoms with Crippen LogP contribution in [0, 0.1) is 0 Å². The predicted molar refractivity (Wildman–Crippen MR) is 59.9 cm³/mol. The second-order valence-corrected chi connectivity index (χ2v) is 3.66. The maximum atomic E-state index is 10.6. The lowest BCUT2D eigenvalue weighted by molar-refractivity contribution is 0.0685. The molecule has 96 valence electrons. The fraction of sp³-hybridized carbons (Fsp3) is 0.364. The van der Waals surface area contributed by atoms with Crippen molar-refractivity contribution >= 4 is 5.97 Å². The summed E-state index contributed by atoms with van der Waals surface area (Å²) in [6, 6.07) is 1.38. The molecule has 0 unspecified atom stereocenters. The minimum absolute atomic E-state index is 0.101. The summed E-state index contributed by atoms with van der Waals surface area (Å²) in [5.41, 5.74) is -0.101. The zero-order valence-electron chi connectivity index (χ0n) is 9.84. The Hall–Kier alpha value is -2.15. The zero-order chi connectivity index (χ0) is 13.0. The molecule has 2 heterocycles. The van der Waals surface area contributed by atoms with E-state index in [4.69, 9.17) is 14.0 Å². The van der Waals surface area contributed by atoms with E-state index in [0.29, 0.717) is 24.7 Å². The van der Waals surface area contributed by atoms with Gasteiger partial charge in [0, 0.05) is 12.5 Å². The minimum atomic E-state index is -1.11. The van der Waals surface area contributed by atoms with Crippen LogP contribution in [0.3, 0.4) is 0 Å². The Labute approximate surface area is 103 Å². The average Bonchev–Trinajstić information content (AvgIpc) is 2.97. The first-order valence-electron chi connectivity index (χ1n) is 5.52. The molecule has 0 aromatic carbocycles. The largest absolute Gasteiger partial charge is 0.476 e. The second kappa shape index (κ2) is 5.46. The minimum Gasteiger partial charge on any atom is -0.476 e. The van der Waals surface area contributed by atoms with Gasteiger partial charge in [-0.3, -0.25) is 0 Å². The molecule has 2 aromatic rings. The molecule has 0 atom stereocenters. The van der Waals surface area contributed by atoms with E-state index in [1.807, 2.05) is 6.92 Å². The summed E-state index contributed by atoms with van der Waals surface area (Å²) in [5, 5.41) is 15.1. The fourth-order valence-corrected chi connectivity index (χ4v) is 1.38. The van der Waals surface area contributed by atoms with E-state index in [-0.39, 0.29) is 5.69 Å². The lowest BCUT2D eigenvalue weighted by atomic mass is 10.3. The molecule has 0 fully saturated rings. The average molecular weight is 251 g/mol.